The van der Waals surface area contributed by atoms with Crippen LogP contribution in [0.3, 0.4) is 0 Å². The summed E-state index contributed by atoms with van der Waals surface area (Å²) >= 11 is 5.94. The summed E-state index contributed by atoms with van der Waals surface area (Å²) in [4.78, 5) is 13.7. The third-order valence-corrected chi connectivity index (χ3v) is 5.04. The molecule has 0 unspecified atom stereocenters. The summed E-state index contributed by atoms with van der Waals surface area (Å²) in [7, 11) is -2.40. The van der Waals surface area contributed by atoms with Gasteiger partial charge < -0.3 is 9.64 Å². The van der Waals surface area contributed by atoms with Gasteiger partial charge in [-0.05, 0) is 39.0 Å². The Balaban J connectivity index is 2.96. The Morgan fingerprint density at radius 1 is 1.36 bits per heavy atom. The molecule has 0 spiro atoms. The number of amides is 1. The topological polar surface area (TPSA) is 75.7 Å². The number of rotatable bonds is 7. The molecule has 1 aromatic rings. The van der Waals surface area contributed by atoms with E-state index in [-0.39, 0.29) is 15.8 Å². The SMILES string of the molecule is CCN(CC)C(=O)[C@@H](C)NS(=O)(=O)c1ccc(OC)c(Cl)c1. The molecule has 0 saturated heterocycles. The second kappa shape index (κ2) is 7.80. The number of hydrogen-bond donors (Lipinski definition) is 1. The predicted molar refractivity (Wildman–Crippen MR) is 85.7 cm³/mol. The Morgan fingerprint density at radius 2 is 1.95 bits per heavy atom. The predicted octanol–water partition coefficient (Wildman–Crippen LogP) is 1.88. The Labute approximate surface area is 136 Å². The van der Waals surface area contributed by atoms with E-state index in [4.69, 9.17) is 16.3 Å². The zero-order valence-electron chi connectivity index (χ0n) is 13.1. The molecule has 1 amide bonds. The maximum Gasteiger partial charge on any atom is 0.241 e. The van der Waals surface area contributed by atoms with E-state index in [2.05, 4.69) is 4.72 Å². The number of nitrogens with zero attached hydrogens (tertiary/aromatic N) is 1. The first-order valence-corrected chi connectivity index (χ1v) is 8.77. The summed E-state index contributed by atoms with van der Waals surface area (Å²) < 4.78 is 32.0. The van der Waals surface area contributed by atoms with Gasteiger partial charge in [0.25, 0.3) is 0 Å². The van der Waals surface area contributed by atoms with E-state index >= 15 is 0 Å². The molecule has 8 heteroatoms. The molecule has 0 aromatic heterocycles. The van der Waals surface area contributed by atoms with Crippen LogP contribution in [0.1, 0.15) is 20.8 Å². The summed E-state index contributed by atoms with van der Waals surface area (Å²) in [6, 6.07) is 3.28. The second-order valence-electron chi connectivity index (χ2n) is 4.65. The lowest BCUT2D eigenvalue weighted by atomic mass is 10.3. The Kier molecular flexibility index (Phi) is 6.65. The smallest absolute Gasteiger partial charge is 0.241 e. The normalized spacial score (nSPS) is 12.8. The number of carbonyl (C=O) groups is 1. The van der Waals surface area contributed by atoms with Crippen LogP contribution in [0.25, 0.3) is 0 Å². The van der Waals surface area contributed by atoms with Gasteiger partial charge in [0.1, 0.15) is 5.75 Å². The van der Waals surface area contributed by atoms with Crippen LogP contribution in [0.4, 0.5) is 0 Å². The lowest BCUT2D eigenvalue weighted by Crippen LogP contribution is -2.46. The molecule has 0 saturated carbocycles. The van der Waals surface area contributed by atoms with E-state index in [1.54, 1.807) is 4.90 Å². The van der Waals surface area contributed by atoms with Crippen molar-refractivity contribution in [3.8, 4) is 5.75 Å². The van der Waals surface area contributed by atoms with Gasteiger partial charge in [0.15, 0.2) is 0 Å². The van der Waals surface area contributed by atoms with Gasteiger partial charge in [-0.25, -0.2) is 8.42 Å². The standard InChI is InChI=1S/C14H21ClN2O4S/c1-5-17(6-2)14(18)10(3)16-22(19,20)11-7-8-13(21-4)12(15)9-11/h7-10,16H,5-6H2,1-4H3/t10-/m1/s1. The number of benzene rings is 1. The molecule has 124 valence electrons. The van der Waals surface area contributed by atoms with Gasteiger partial charge in [0, 0.05) is 13.1 Å². The van der Waals surface area contributed by atoms with Gasteiger partial charge in [0.2, 0.25) is 15.9 Å². The van der Waals surface area contributed by atoms with Crippen LogP contribution in [-0.4, -0.2) is 45.5 Å². The molecule has 0 fully saturated rings. The minimum atomic E-state index is -3.84. The maximum absolute atomic E-state index is 12.3. The van der Waals surface area contributed by atoms with Crippen molar-refractivity contribution < 1.29 is 17.9 Å². The fourth-order valence-corrected chi connectivity index (χ4v) is 3.52. The van der Waals surface area contributed by atoms with E-state index < -0.39 is 16.1 Å². The minimum absolute atomic E-state index is 0.0162. The monoisotopic (exact) mass is 348 g/mol. The van der Waals surface area contributed by atoms with E-state index in [0.29, 0.717) is 18.8 Å². The number of likely N-dealkylation sites (N-methyl/N-ethyl adjacent to an activating group) is 1. The Morgan fingerprint density at radius 3 is 2.41 bits per heavy atom. The van der Waals surface area contributed by atoms with Gasteiger partial charge in [-0.2, -0.15) is 4.72 Å². The third kappa shape index (κ3) is 4.34. The van der Waals surface area contributed by atoms with Gasteiger partial charge in [-0.1, -0.05) is 11.6 Å². The van der Waals surface area contributed by atoms with Crippen molar-refractivity contribution in [2.45, 2.75) is 31.7 Å². The average Bonchev–Trinajstić information content (AvgIpc) is 2.47. The van der Waals surface area contributed by atoms with Crippen molar-refractivity contribution in [1.29, 1.82) is 0 Å². The van der Waals surface area contributed by atoms with Crippen molar-refractivity contribution in [2.75, 3.05) is 20.2 Å². The van der Waals surface area contributed by atoms with Crippen molar-refractivity contribution in [3.63, 3.8) is 0 Å². The molecule has 0 heterocycles. The highest BCUT2D eigenvalue weighted by molar-refractivity contribution is 7.89. The average molecular weight is 349 g/mol. The van der Waals surface area contributed by atoms with Crippen molar-refractivity contribution in [2.24, 2.45) is 0 Å². The van der Waals surface area contributed by atoms with Crippen molar-refractivity contribution >= 4 is 27.5 Å². The van der Waals surface area contributed by atoms with Crippen LogP contribution < -0.4 is 9.46 Å². The molecule has 1 N–H and O–H groups in total. The second-order valence-corrected chi connectivity index (χ2v) is 6.77. The Hall–Kier alpha value is -1.31. The molecule has 1 rings (SSSR count). The molecule has 0 bridgehead atoms. The van der Waals surface area contributed by atoms with Crippen LogP contribution >= 0.6 is 11.6 Å². The van der Waals surface area contributed by atoms with Crippen LogP contribution in [-0.2, 0) is 14.8 Å². The van der Waals surface area contributed by atoms with E-state index in [9.17, 15) is 13.2 Å². The summed E-state index contributed by atoms with van der Waals surface area (Å²) in [5.41, 5.74) is 0. The van der Waals surface area contributed by atoms with Crippen LogP contribution in [0, 0.1) is 0 Å². The van der Waals surface area contributed by atoms with Crippen LogP contribution in [0.5, 0.6) is 5.75 Å². The molecule has 0 aliphatic carbocycles. The number of carbonyl (C=O) groups excluding carboxylic acids is 1. The van der Waals surface area contributed by atoms with E-state index in [0.717, 1.165) is 0 Å². The highest BCUT2D eigenvalue weighted by Crippen LogP contribution is 2.26. The molecular weight excluding hydrogens is 328 g/mol. The summed E-state index contributed by atoms with van der Waals surface area (Å²) in [6.07, 6.45) is 0. The van der Waals surface area contributed by atoms with E-state index in [1.807, 2.05) is 13.8 Å². The van der Waals surface area contributed by atoms with Gasteiger partial charge >= 0.3 is 0 Å². The fraction of sp³-hybridized carbons (Fsp3) is 0.500. The molecule has 0 aliphatic heterocycles. The number of methoxy groups -OCH3 is 1. The van der Waals surface area contributed by atoms with Crippen molar-refractivity contribution in [3.05, 3.63) is 23.2 Å². The lowest BCUT2D eigenvalue weighted by molar-refractivity contribution is -0.132. The third-order valence-electron chi connectivity index (χ3n) is 3.21. The number of hydrogen-bond acceptors (Lipinski definition) is 4. The van der Waals surface area contributed by atoms with Crippen LogP contribution in [0.15, 0.2) is 23.1 Å². The number of halogens is 1. The first-order valence-electron chi connectivity index (χ1n) is 6.91. The summed E-state index contributed by atoms with van der Waals surface area (Å²) in [5.74, 6) is 0.112. The molecule has 0 aliphatic rings. The van der Waals surface area contributed by atoms with Gasteiger partial charge in [-0.3, -0.25) is 4.79 Å². The summed E-state index contributed by atoms with van der Waals surface area (Å²) in [5, 5.41) is 0.188. The fourth-order valence-electron chi connectivity index (χ4n) is 1.97. The number of ether oxygens (including phenoxy) is 1. The quantitative estimate of drug-likeness (QED) is 0.816. The molecule has 0 radical (unpaired) electrons. The number of sulfonamides is 1. The maximum atomic E-state index is 12.3. The highest BCUT2D eigenvalue weighted by Gasteiger charge is 2.25. The van der Waals surface area contributed by atoms with E-state index in [1.165, 1.54) is 32.2 Å². The molecule has 1 atom stereocenters. The highest BCUT2D eigenvalue weighted by atomic mass is 35.5. The van der Waals surface area contributed by atoms with Gasteiger partial charge in [0.05, 0.1) is 23.1 Å². The minimum Gasteiger partial charge on any atom is -0.495 e. The first kappa shape index (κ1) is 18.7. The molecule has 6 nitrogen and oxygen atoms in total. The first-order chi connectivity index (χ1) is 10.3. The largest absolute Gasteiger partial charge is 0.495 e. The number of nitrogens with one attached hydrogen (secondary N) is 1. The molecular formula is C14H21ClN2O4S. The Bertz CT molecular complexity index is 630. The van der Waals surface area contributed by atoms with Gasteiger partial charge in [-0.15, -0.1) is 0 Å². The lowest BCUT2D eigenvalue weighted by Gasteiger charge is -2.23. The summed E-state index contributed by atoms with van der Waals surface area (Å²) in [6.45, 7) is 6.24. The zero-order valence-corrected chi connectivity index (χ0v) is 14.7. The molecule has 22 heavy (non-hydrogen) atoms. The van der Waals surface area contributed by atoms with Crippen LogP contribution in [0.2, 0.25) is 5.02 Å². The zero-order chi connectivity index (χ0) is 16.9. The van der Waals surface area contributed by atoms with Crippen molar-refractivity contribution in [1.82, 2.24) is 9.62 Å². The molecule has 1 aromatic carbocycles.